The molecule has 4 nitrogen and oxygen atoms in total. The van der Waals surface area contributed by atoms with Crippen LogP contribution in [-0.4, -0.2) is 31.1 Å². The molecule has 0 aliphatic rings. The van der Waals surface area contributed by atoms with E-state index in [-0.39, 0.29) is 21.1 Å². The van der Waals surface area contributed by atoms with E-state index in [0.717, 1.165) is 72.3 Å². The molecular weight excluding hydrogens is 720 g/mol. The van der Waals surface area contributed by atoms with Crippen molar-refractivity contribution in [1.29, 1.82) is 0 Å². The number of aromatic nitrogens is 2. The van der Waals surface area contributed by atoms with Crippen molar-refractivity contribution in [3.8, 4) is 44.8 Å². The minimum Gasteiger partial charge on any atom is -0.686 e. The molecule has 2 aromatic heterocycles. The molecule has 7 rings (SSSR count). The van der Waals surface area contributed by atoms with Crippen molar-refractivity contribution in [2.24, 2.45) is 0 Å². The number of fused-ring (bicyclic) bond motifs is 3. The van der Waals surface area contributed by atoms with E-state index in [0.29, 0.717) is 0 Å². The van der Waals surface area contributed by atoms with Crippen LogP contribution in [0.1, 0.15) is 0 Å². The molecule has 0 fully saturated rings. The molecule has 0 bridgehead atoms. The van der Waals surface area contributed by atoms with Gasteiger partial charge in [0.2, 0.25) is 0 Å². The zero-order valence-electron chi connectivity index (χ0n) is 24.9. The van der Waals surface area contributed by atoms with Gasteiger partial charge in [-0.2, -0.15) is 14.1 Å². The van der Waals surface area contributed by atoms with Crippen LogP contribution in [-0.2, 0) is 21.1 Å². The maximum absolute atomic E-state index is 5.32. The second-order valence-electron chi connectivity index (χ2n) is 10.3. The van der Waals surface area contributed by atoms with Crippen LogP contribution in [0.2, 0.25) is 0 Å². The molecule has 7 aromatic rings. The molecule has 0 unspecified atom stereocenters. The van der Waals surface area contributed by atoms with E-state index in [4.69, 9.17) is 9.97 Å². The quantitative estimate of drug-likeness (QED) is 0.165. The summed E-state index contributed by atoms with van der Waals surface area (Å²) in [5.74, 6) is 0. The summed E-state index contributed by atoms with van der Waals surface area (Å²) < 4.78 is 0. The first-order chi connectivity index (χ1) is 21.2. The zero-order chi connectivity index (χ0) is 29.6. The first-order valence-electron chi connectivity index (χ1n) is 14.3. The summed E-state index contributed by atoms with van der Waals surface area (Å²) in [6.45, 7) is 0. The Hall–Kier alpha value is -4.63. The molecule has 5 aromatic carbocycles. The smallest absolute Gasteiger partial charge is 0.686 e. The Labute approximate surface area is 273 Å². The van der Waals surface area contributed by atoms with Gasteiger partial charge >= 0.3 is 21.1 Å². The van der Waals surface area contributed by atoms with Gasteiger partial charge in [-0.25, -0.2) is 9.97 Å². The number of hydrogen-bond acceptors (Lipinski definition) is 2. The molecule has 5 heteroatoms. The summed E-state index contributed by atoms with van der Waals surface area (Å²) in [6.07, 6.45) is 0. The van der Waals surface area contributed by atoms with E-state index >= 15 is 0 Å². The van der Waals surface area contributed by atoms with Crippen LogP contribution in [0.5, 0.6) is 0 Å². The standard InChI is InChI=1S/C37H26N3.C2H6N.Pt/c1-38-33-20-12-11-19-30(33)35-24-32(26-15-7-3-8-16-26)29-22-21-28-31(25-13-5-2-6-14-25)23-34(27-17-9-4-10-18-27)39-36(28)37(29)40-35;1-3-2;/h2-24H,1H3;1-2H3;/q2*-1;+2. The van der Waals surface area contributed by atoms with Crippen molar-refractivity contribution >= 4 is 27.5 Å². The van der Waals surface area contributed by atoms with Crippen molar-refractivity contribution < 1.29 is 21.1 Å². The van der Waals surface area contributed by atoms with Crippen LogP contribution in [0.25, 0.3) is 77.2 Å². The molecule has 0 aliphatic heterocycles. The van der Waals surface area contributed by atoms with Crippen molar-refractivity contribution in [3.63, 3.8) is 0 Å². The second kappa shape index (κ2) is 14.2. The van der Waals surface area contributed by atoms with E-state index in [9.17, 15) is 0 Å². The van der Waals surface area contributed by atoms with E-state index < -0.39 is 0 Å². The molecule has 0 spiro atoms. The number of hydrogen-bond donors (Lipinski definition) is 0. The van der Waals surface area contributed by atoms with E-state index in [2.05, 4.69) is 120 Å². The topological polar surface area (TPSA) is 54.0 Å². The van der Waals surface area contributed by atoms with Gasteiger partial charge in [0, 0.05) is 16.3 Å². The van der Waals surface area contributed by atoms with Gasteiger partial charge in [-0.05, 0) is 39.9 Å². The van der Waals surface area contributed by atoms with Crippen LogP contribution in [0.3, 0.4) is 0 Å². The normalized spacial score (nSPS) is 10.5. The SMILES string of the molecule is C[N-]C.C[N-]c1ccccc1-c1cc(-c2ccccc2)c2ccc3c(-c4ccccc4)cc(-c4ccccc4)nc3c2n1.[Pt+2]. The summed E-state index contributed by atoms with van der Waals surface area (Å²) in [5, 5.41) is 10.2. The predicted octanol–water partition coefficient (Wildman–Crippen LogP) is 10.7. The maximum Gasteiger partial charge on any atom is 2.00 e. The van der Waals surface area contributed by atoms with E-state index in [1.807, 2.05) is 37.4 Å². The fourth-order valence-electron chi connectivity index (χ4n) is 5.47. The molecule has 218 valence electrons. The maximum atomic E-state index is 5.32. The third kappa shape index (κ3) is 6.19. The molecule has 0 aliphatic carbocycles. The molecule has 0 N–H and O–H groups in total. The molecule has 0 saturated carbocycles. The minimum atomic E-state index is 0. The van der Waals surface area contributed by atoms with Crippen LogP contribution in [0.15, 0.2) is 140 Å². The Morgan fingerprint density at radius 2 is 0.841 bits per heavy atom. The third-order valence-electron chi connectivity index (χ3n) is 7.42. The molecule has 0 radical (unpaired) electrons. The first kappa shape index (κ1) is 30.8. The van der Waals surface area contributed by atoms with E-state index in [1.54, 1.807) is 14.1 Å². The van der Waals surface area contributed by atoms with Gasteiger partial charge in [0.15, 0.2) is 0 Å². The van der Waals surface area contributed by atoms with Crippen molar-refractivity contribution in [2.75, 3.05) is 21.1 Å². The largest absolute Gasteiger partial charge is 2.00 e. The average molecular weight is 752 g/mol. The number of para-hydroxylation sites is 1. The number of rotatable bonds is 5. The molecular formula is C39H32N4Pt. The van der Waals surface area contributed by atoms with Crippen molar-refractivity contribution in [1.82, 2.24) is 9.97 Å². The van der Waals surface area contributed by atoms with Crippen LogP contribution in [0.4, 0.5) is 5.69 Å². The van der Waals surface area contributed by atoms with Gasteiger partial charge < -0.3 is 10.6 Å². The molecule has 44 heavy (non-hydrogen) atoms. The van der Waals surface area contributed by atoms with Gasteiger partial charge in [-0.3, -0.25) is 0 Å². The number of pyridine rings is 2. The van der Waals surface area contributed by atoms with Crippen LogP contribution in [0, 0.1) is 0 Å². The fourth-order valence-corrected chi connectivity index (χ4v) is 5.47. The van der Waals surface area contributed by atoms with Gasteiger partial charge in [-0.1, -0.05) is 127 Å². The fraction of sp³-hybridized carbons (Fsp3) is 0.0769. The van der Waals surface area contributed by atoms with Crippen molar-refractivity contribution in [2.45, 2.75) is 0 Å². The molecule has 0 amide bonds. The summed E-state index contributed by atoms with van der Waals surface area (Å²) >= 11 is 0. The second-order valence-corrected chi connectivity index (χ2v) is 10.3. The summed E-state index contributed by atoms with van der Waals surface area (Å²) in [4.78, 5) is 10.6. The number of benzene rings is 5. The Morgan fingerprint density at radius 3 is 1.34 bits per heavy atom. The van der Waals surface area contributed by atoms with Gasteiger partial charge in [0.05, 0.1) is 22.4 Å². The Bertz CT molecular complexity index is 1990. The molecule has 2 heterocycles. The van der Waals surface area contributed by atoms with Gasteiger partial charge in [0.1, 0.15) is 0 Å². The summed E-state index contributed by atoms with van der Waals surface area (Å²) in [6, 6.07) is 48.4. The minimum absolute atomic E-state index is 0. The first-order valence-corrected chi connectivity index (χ1v) is 14.3. The van der Waals surface area contributed by atoms with Gasteiger partial charge in [-0.15, -0.1) is 12.7 Å². The van der Waals surface area contributed by atoms with Crippen LogP contribution < -0.4 is 0 Å². The molecule has 0 saturated heterocycles. The zero-order valence-corrected chi connectivity index (χ0v) is 27.2. The Balaban J connectivity index is 0.000000924. The Morgan fingerprint density at radius 1 is 0.432 bits per heavy atom. The third-order valence-corrected chi connectivity index (χ3v) is 7.42. The van der Waals surface area contributed by atoms with Crippen molar-refractivity contribution in [3.05, 3.63) is 150 Å². The summed E-state index contributed by atoms with van der Waals surface area (Å²) in [5.41, 5.74) is 11.1. The average Bonchev–Trinajstić information content (AvgIpc) is 3.08. The Kier molecular flexibility index (Phi) is 9.96. The predicted molar refractivity (Wildman–Crippen MR) is 183 cm³/mol. The van der Waals surface area contributed by atoms with Gasteiger partial charge in [0.25, 0.3) is 0 Å². The summed E-state index contributed by atoms with van der Waals surface area (Å²) in [7, 11) is 5.33. The number of nitrogens with zero attached hydrogens (tertiary/aromatic N) is 4. The molecule has 0 atom stereocenters. The van der Waals surface area contributed by atoms with Crippen LogP contribution >= 0.6 is 0 Å². The van der Waals surface area contributed by atoms with E-state index in [1.165, 1.54) is 0 Å². The monoisotopic (exact) mass is 751 g/mol.